The molecule has 0 fully saturated rings. The van der Waals surface area contributed by atoms with E-state index in [9.17, 15) is 0 Å². The molecule has 0 N–H and O–H groups in total. The number of hydrogen-bond acceptors (Lipinski definition) is 2. The molecule has 0 atom stereocenters. The summed E-state index contributed by atoms with van der Waals surface area (Å²) in [5, 5.41) is 3.63. The van der Waals surface area contributed by atoms with Crippen molar-refractivity contribution in [3.63, 3.8) is 0 Å². The van der Waals surface area contributed by atoms with Gasteiger partial charge in [0.1, 0.15) is 0 Å². The fourth-order valence-corrected chi connectivity index (χ4v) is 7.65. The summed E-state index contributed by atoms with van der Waals surface area (Å²) in [6, 6.07) is 58.8. The molecule has 4 heterocycles. The average Bonchev–Trinajstić information content (AvgIpc) is 3.82. The van der Waals surface area contributed by atoms with Gasteiger partial charge in [0, 0.05) is 69.6 Å². The van der Waals surface area contributed by atoms with Crippen LogP contribution < -0.4 is 0 Å². The van der Waals surface area contributed by atoms with E-state index in [-0.39, 0.29) is 0 Å². The SMILES string of the molecule is c1ccc(-c2cc(-c3ccccc3)cc(-n3ccc4c3ccc3c5ccccc5n(-c5cc(-c6cccnc6)cc(-c6cccnc6)c5)c34)c2)cc1. The summed E-state index contributed by atoms with van der Waals surface area (Å²) in [6.45, 7) is 0. The van der Waals surface area contributed by atoms with Crippen molar-refractivity contribution in [1.29, 1.82) is 0 Å². The highest BCUT2D eigenvalue weighted by Gasteiger charge is 2.19. The van der Waals surface area contributed by atoms with E-state index >= 15 is 0 Å². The van der Waals surface area contributed by atoms with Crippen molar-refractivity contribution in [2.75, 3.05) is 0 Å². The minimum atomic E-state index is 1.07. The number of pyridine rings is 2. The lowest BCUT2D eigenvalue weighted by Crippen LogP contribution is -1.97. The Balaban J connectivity index is 1.24. The highest BCUT2D eigenvalue weighted by molar-refractivity contribution is 6.18. The van der Waals surface area contributed by atoms with Crippen LogP contribution in [0.3, 0.4) is 0 Å². The molecule has 4 aromatic heterocycles. The Kier molecular flexibility index (Phi) is 7.10. The Hall–Kier alpha value is -7.04. The monoisotopic (exact) mass is 664 g/mol. The molecule has 4 heteroatoms. The third-order valence-electron chi connectivity index (χ3n) is 10.1. The zero-order valence-corrected chi connectivity index (χ0v) is 28.3. The van der Waals surface area contributed by atoms with Gasteiger partial charge in [0.15, 0.2) is 0 Å². The second-order valence-corrected chi connectivity index (χ2v) is 13.2. The van der Waals surface area contributed by atoms with Gasteiger partial charge in [0.2, 0.25) is 0 Å². The first-order chi connectivity index (χ1) is 25.8. The molecule has 4 nitrogen and oxygen atoms in total. The first kappa shape index (κ1) is 29.8. The molecule has 0 saturated heterocycles. The molecular weight excluding hydrogens is 633 g/mol. The lowest BCUT2D eigenvalue weighted by atomic mass is 9.98. The molecule has 10 rings (SSSR count). The van der Waals surface area contributed by atoms with E-state index in [2.05, 4.69) is 177 Å². The van der Waals surface area contributed by atoms with Crippen LogP contribution in [0.1, 0.15) is 0 Å². The highest BCUT2D eigenvalue weighted by atomic mass is 15.0. The summed E-state index contributed by atoms with van der Waals surface area (Å²) in [7, 11) is 0. The van der Waals surface area contributed by atoms with Crippen LogP contribution in [0.15, 0.2) is 195 Å². The van der Waals surface area contributed by atoms with Gasteiger partial charge in [0.25, 0.3) is 0 Å². The van der Waals surface area contributed by atoms with Gasteiger partial charge in [-0.2, -0.15) is 0 Å². The molecule has 0 aliphatic carbocycles. The lowest BCUT2D eigenvalue weighted by molar-refractivity contribution is 1.13. The van der Waals surface area contributed by atoms with Gasteiger partial charge in [-0.05, 0) is 100 Å². The van der Waals surface area contributed by atoms with Gasteiger partial charge >= 0.3 is 0 Å². The number of benzene rings is 6. The summed E-state index contributed by atoms with van der Waals surface area (Å²) in [5.41, 5.74) is 14.8. The van der Waals surface area contributed by atoms with Gasteiger partial charge < -0.3 is 9.13 Å². The number of hydrogen-bond donors (Lipinski definition) is 0. The average molecular weight is 665 g/mol. The van der Waals surface area contributed by atoms with Crippen molar-refractivity contribution >= 4 is 32.7 Å². The molecule has 0 bridgehead atoms. The molecule has 6 aromatic carbocycles. The zero-order chi connectivity index (χ0) is 34.4. The summed E-state index contributed by atoms with van der Waals surface area (Å²) in [5.74, 6) is 0. The molecule has 0 aliphatic rings. The van der Waals surface area contributed by atoms with Crippen molar-refractivity contribution in [3.05, 3.63) is 195 Å². The van der Waals surface area contributed by atoms with Gasteiger partial charge in [-0.3, -0.25) is 9.97 Å². The highest BCUT2D eigenvalue weighted by Crippen LogP contribution is 2.40. The van der Waals surface area contributed by atoms with Crippen LogP contribution in [0, 0.1) is 0 Å². The van der Waals surface area contributed by atoms with Crippen LogP contribution in [0.25, 0.3) is 88.6 Å². The topological polar surface area (TPSA) is 35.6 Å². The Morgan fingerprint density at radius 3 is 1.48 bits per heavy atom. The van der Waals surface area contributed by atoms with E-state index in [4.69, 9.17) is 0 Å². The second kappa shape index (κ2) is 12.4. The van der Waals surface area contributed by atoms with Crippen molar-refractivity contribution in [3.8, 4) is 55.9 Å². The molecule has 0 unspecified atom stereocenters. The molecule has 244 valence electrons. The van der Waals surface area contributed by atoms with Gasteiger partial charge in [-0.1, -0.05) is 97.1 Å². The fourth-order valence-electron chi connectivity index (χ4n) is 7.65. The Morgan fingerprint density at radius 2 is 0.885 bits per heavy atom. The first-order valence-corrected chi connectivity index (χ1v) is 17.5. The third kappa shape index (κ3) is 5.09. The van der Waals surface area contributed by atoms with Gasteiger partial charge in [-0.25, -0.2) is 0 Å². The number of nitrogens with zero attached hydrogens (tertiary/aromatic N) is 4. The van der Waals surface area contributed by atoms with Gasteiger partial charge in [-0.15, -0.1) is 0 Å². The Labute approximate surface area is 301 Å². The number of rotatable bonds is 6. The largest absolute Gasteiger partial charge is 0.316 e. The molecule has 0 amide bonds. The molecule has 0 aliphatic heterocycles. The van der Waals surface area contributed by atoms with Crippen molar-refractivity contribution in [2.45, 2.75) is 0 Å². The minimum absolute atomic E-state index is 1.07. The second-order valence-electron chi connectivity index (χ2n) is 13.2. The van der Waals surface area contributed by atoms with E-state index in [1.54, 1.807) is 0 Å². The van der Waals surface area contributed by atoms with Crippen LogP contribution in [-0.4, -0.2) is 19.1 Å². The predicted octanol–water partition coefficient (Wildman–Crippen LogP) is 12.2. The first-order valence-electron chi connectivity index (χ1n) is 17.5. The fraction of sp³-hybridized carbons (Fsp3) is 0. The minimum Gasteiger partial charge on any atom is -0.316 e. The quantitative estimate of drug-likeness (QED) is 0.177. The normalized spacial score (nSPS) is 11.5. The molecule has 10 aromatic rings. The van der Waals surface area contributed by atoms with Crippen molar-refractivity contribution in [1.82, 2.24) is 19.1 Å². The van der Waals surface area contributed by atoms with E-state index in [0.29, 0.717) is 0 Å². The molecule has 0 saturated carbocycles. The van der Waals surface area contributed by atoms with Crippen LogP contribution in [0.4, 0.5) is 0 Å². The van der Waals surface area contributed by atoms with Crippen LogP contribution in [0.2, 0.25) is 0 Å². The number of fused-ring (bicyclic) bond motifs is 5. The smallest absolute Gasteiger partial charge is 0.0635 e. The van der Waals surface area contributed by atoms with E-state index < -0.39 is 0 Å². The maximum atomic E-state index is 4.46. The molecule has 0 radical (unpaired) electrons. The summed E-state index contributed by atoms with van der Waals surface area (Å²) in [6.07, 6.45) is 9.73. The summed E-state index contributed by atoms with van der Waals surface area (Å²) < 4.78 is 4.77. The number of aromatic nitrogens is 4. The molecule has 0 spiro atoms. The van der Waals surface area contributed by atoms with Crippen LogP contribution in [0.5, 0.6) is 0 Å². The maximum absolute atomic E-state index is 4.46. The van der Waals surface area contributed by atoms with Crippen LogP contribution in [-0.2, 0) is 0 Å². The third-order valence-corrected chi connectivity index (χ3v) is 10.1. The van der Waals surface area contributed by atoms with E-state index in [1.165, 1.54) is 43.9 Å². The molecule has 52 heavy (non-hydrogen) atoms. The van der Waals surface area contributed by atoms with Crippen molar-refractivity contribution < 1.29 is 0 Å². The van der Waals surface area contributed by atoms with E-state index in [1.807, 2.05) is 36.9 Å². The van der Waals surface area contributed by atoms with Crippen molar-refractivity contribution in [2.24, 2.45) is 0 Å². The number of para-hydroxylation sites is 1. The Morgan fingerprint density at radius 1 is 0.346 bits per heavy atom. The lowest BCUT2D eigenvalue weighted by Gasteiger charge is -2.15. The summed E-state index contributed by atoms with van der Waals surface area (Å²) in [4.78, 5) is 8.91. The molecular formula is C48H32N4. The standard InChI is InChI=1S/C48H32N4/c1-3-11-33(12-4-1)37-25-38(34-13-5-2-6-14-34)28-41(27-37)51-24-21-45-46(51)20-19-44-43-17-7-8-18-47(43)52(48(44)45)42-29-39(35-15-9-22-49-31-35)26-40(30-42)36-16-10-23-50-32-36/h1-32H. The van der Waals surface area contributed by atoms with Crippen LogP contribution >= 0.6 is 0 Å². The maximum Gasteiger partial charge on any atom is 0.0635 e. The van der Waals surface area contributed by atoms with E-state index in [0.717, 1.165) is 44.7 Å². The summed E-state index contributed by atoms with van der Waals surface area (Å²) >= 11 is 0. The van der Waals surface area contributed by atoms with Gasteiger partial charge in [0.05, 0.1) is 16.6 Å². The Bertz CT molecular complexity index is 2760. The zero-order valence-electron chi connectivity index (χ0n) is 28.3. The predicted molar refractivity (Wildman–Crippen MR) is 215 cm³/mol.